The van der Waals surface area contributed by atoms with E-state index in [9.17, 15) is 4.79 Å². The molecule has 110 valence electrons. The molecular formula is C15H22N2O3. The number of fused-ring (bicyclic) bond motifs is 1. The maximum Gasteiger partial charge on any atom is 0.341 e. The fourth-order valence-corrected chi connectivity index (χ4v) is 3.69. The van der Waals surface area contributed by atoms with E-state index in [0.717, 1.165) is 19.4 Å². The molecule has 2 fully saturated rings. The molecule has 0 N–H and O–H groups in total. The van der Waals surface area contributed by atoms with Gasteiger partial charge in [-0.3, -0.25) is 4.68 Å². The second-order valence-corrected chi connectivity index (χ2v) is 6.55. The number of carbonyl (C=O) groups excluding carboxylic acids is 1. The number of carbonyl (C=O) groups is 1. The van der Waals surface area contributed by atoms with Crippen molar-refractivity contribution >= 4 is 5.97 Å². The summed E-state index contributed by atoms with van der Waals surface area (Å²) in [5.74, 6) is 0.0809. The molecule has 1 saturated carbocycles. The topological polar surface area (TPSA) is 53.4 Å². The van der Waals surface area contributed by atoms with Gasteiger partial charge in [0.1, 0.15) is 11.7 Å². The first kappa shape index (κ1) is 13.6. The molecule has 1 aliphatic heterocycles. The van der Waals surface area contributed by atoms with Crippen molar-refractivity contribution in [2.75, 3.05) is 6.61 Å². The smallest absolute Gasteiger partial charge is 0.341 e. The summed E-state index contributed by atoms with van der Waals surface area (Å²) in [7, 11) is 1.81. The van der Waals surface area contributed by atoms with Crippen LogP contribution in [-0.4, -0.2) is 34.6 Å². The van der Waals surface area contributed by atoms with E-state index >= 15 is 0 Å². The Morgan fingerprint density at radius 2 is 2.30 bits per heavy atom. The second kappa shape index (κ2) is 4.58. The van der Waals surface area contributed by atoms with Gasteiger partial charge in [0.25, 0.3) is 0 Å². The standard InChI is InChI=1S/C15H22N2O3/c1-9-11(8-17(4)16-9)14(18)20-13-10-6-5-7-19-12(10)15(13,2)3/h8,10,12-13H,5-7H2,1-4H3. The quantitative estimate of drug-likeness (QED) is 0.777. The van der Waals surface area contributed by atoms with E-state index in [1.165, 1.54) is 0 Å². The van der Waals surface area contributed by atoms with Gasteiger partial charge in [-0.15, -0.1) is 0 Å². The van der Waals surface area contributed by atoms with Gasteiger partial charge in [-0.05, 0) is 19.8 Å². The number of aryl methyl sites for hydroxylation is 2. The van der Waals surface area contributed by atoms with E-state index in [2.05, 4.69) is 18.9 Å². The summed E-state index contributed by atoms with van der Waals surface area (Å²) in [5.41, 5.74) is 1.17. The van der Waals surface area contributed by atoms with Crippen LogP contribution in [0.2, 0.25) is 0 Å². The van der Waals surface area contributed by atoms with E-state index in [1.807, 2.05) is 14.0 Å². The Morgan fingerprint density at radius 1 is 1.55 bits per heavy atom. The third-order valence-corrected chi connectivity index (χ3v) is 4.69. The summed E-state index contributed by atoms with van der Waals surface area (Å²) in [6, 6.07) is 0. The summed E-state index contributed by atoms with van der Waals surface area (Å²) in [5, 5.41) is 4.19. The summed E-state index contributed by atoms with van der Waals surface area (Å²) in [6.07, 6.45) is 4.02. The SMILES string of the molecule is Cc1nn(C)cc1C(=O)OC1C2CCCOC2C1(C)C. The molecule has 3 atom stereocenters. The van der Waals surface area contributed by atoms with Gasteiger partial charge >= 0.3 is 5.97 Å². The molecule has 2 aliphatic rings. The fraction of sp³-hybridized carbons (Fsp3) is 0.733. The molecular weight excluding hydrogens is 256 g/mol. The van der Waals surface area contributed by atoms with Crippen LogP contribution in [0.3, 0.4) is 0 Å². The van der Waals surface area contributed by atoms with Crippen LogP contribution in [0.4, 0.5) is 0 Å². The first-order valence-electron chi connectivity index (χ1n) is 7.24. The van der Waals surface area contributed by atoms with Crippen molar-refractivity contribution in [3.63, 3.8) is 0 Å². The Balaban J connectivity index is 1.74. The summed E-state index contributed by atoms with van der Waals surface area (Å²) >= 11 is 0. The molecule has 0 aromatic carbocycles. The average molecular weight is 278 g/mol. The van der Waals surface area contributed by atoms with E-state index in [1.54, 1.807) is 10.9 Å². The summed E-state index contributed by atoms with van der Waals surface area (Å²) in [4.78, 5) is 12.3. The van der Waals surface area contributed by atoms with Crippen molar-refractivity contribution in [3.8, 4) is 0 Å². The highest BCUT2D eigenvalue weighted by atomic mass is 16.6. The molecule has 1 aromatic rings. The minimum absolute atomic E-state index is 0.0556. The van der Waals surface area contributed by atoms with Crippen LogP contribution < -0.4 is 0 Å². The predicted molar refractivity (Wildman–Crippen MR) is 73.4 cm³/mol. The van der Waals surface area contributed by atoms with E-state index in [0.29, 0.717) is 17.2 Å². The molecule has 0 amide bonds. The molecule has 3 unspecified atom stereocenters. The number of hydrogen-bond acceptors (Lipinski definition) is 4. The number of aromatic nitrogens is 2. The van der Waals surface area contributed by atoms with Gasteiger partial charge in [-0.1, -0.05) is 13.8 Å². The number of nitrogens with zero attached hydrogens (tertiary/aromatic N) is 2. The Hall–Kier alpha value is -1.36. The zero-order valence-electron chi connectivity index (χ0n) is 12.5. The molecule has 1 aromatic heterocycles. The molecule has 0 radical (unpaired) electrons. The van der Waals surface area contributed by atoms with Gasteiger partial charge in [0.05, 0.1) is 11.8 Å². The highest BCUT2D eigenvalue weighted by Crippen LogP contribution is 2.53. The number of ether oxygens (including phenoxy) is 2. The second-order valence-electron chi connectivity index (χ2n) is 6.55. The zero-order chi connectivity index (χ0) is 14.5. The minimum atomic E-state index is -0.266. The van der Waals surface area contributed by atoms with Crippen LogP contribution >= 0.6 is 0 Å². The third kappa shape index (κ3) is 1.95. The molecule has 3 rings (SSSR count). The normalized spacial score (nSPS) is 31.3. The van der Waals surface area contributed by atoms with Crippen molar-refractivity contribution in [2.24, 2.45) is 18.4 Å². The molecule has 1 saturated heterocycles. The highest BCUT2D eigenvalue weighted by molar-refractivity contribution is 5.90. The van der Waals surface area contributed by atoms with E-state index in [-0.39, 0.29) is 23.6 Å². The molecule has 0 bridgehead atoms. The van der Waals surface area contributed by atoms with Crippen LogP contribution in [-0.2, 0) is 16.5 Å². The first-order valence-corrected chi connectivity index (χ1v) is 7.24. The minimum Gasteiger partial charge on any atom is -0.458 e. The summed E-state index contributed by atoms with van der Waals surface area (Å²) < 4.78 is 13.3. The Morgan fingerprint density at radius 3 is 2.95 bits per heavy atom. The maximum atomic E-state index is 12.3. The molecule has 0 spiro atoms. The number of hydrogen-bond donors (Lipinski definition) is 0. The maximum absolute atomic E-state index is 12.3. The van der Waals surface area contributed by atoms with Crippen molar-refractivity contribution < 1.29 is 14.3 Å². The lowest BCUT2D eigenvalue weighted by molar-refractivity contribution is -0.243. The van der Waals surface area contributed by atoms with Crippen LogP contribution in [0.1, 0.15) is 42.7 Å². The zero-order valence-corrected chi connectivity index (χ0v) is 12.5. The van der Waals surface area contributed by atoms with Crippen LogP contribution in [0.5, 0.6) is 0 Å². The van der Waals surface area contributed by atoms with Crippen LogP contribution in [0.15, 0.2) is 6.20 Å². The average Bonchev–Trinajstić information content (AvgIpc) is 2.75. The lowest BCUT2D eigenvalue weighted by atomic mass is 9.57. The number of rotatable bonds is 2. The van der Waals surface area contributed by atoms with Gasteiger partial charge in [-0.2, -0.15) is 5.10 Å². The lowest BCUT2D eigenvalue weighted by Crippen LogP contribution is -2.65. The van der Waals surface area contributed by atoms with E-state index in [4.69, 9.17) is 9.47 Å². The monoisotopic (exact) mass is 278 g/mol. The van der Waals surface area contributed by atoms with Crippen molar-refractivity contribution in [3.05, 3.63) is 17.5 Å². The molecule has 20 heavy (non-hydrogen) atoms. The van der Waals surface area contributed by atoms with Gasteiger partial charge in [0.15, 0.2) is 0 Å². The Bertz CT molecular complexity index is 535. The van der Waals surface area contributed by atoms with Crippen molar-refractivity contribution in [1.29, 1.82) is 0 Å². The first-order chi connectivity index (χ1) is 9.41. The largest absolute Gasteiger partial charge is 0.458 e. The van der Waals surface area contributed by atoms with Crippen molar-refractivity contribution in [1.82, 2.24) is 9.78 Å². The molecule has 2 heterocycles. The molecule has 5 nitrogen and oxygen atoms in total. The van der Waals surface area contributed by atoms with Gasteiger partial charge in [-0.25, -0.2) is 4.79 Å². The van der Waals surface area contributed by atoms with E-state index < -0.39 is 0 Å². The van der Waals surface area contributed by atoms with Gasteiger partial charge in [0, 0.05) is 31.2 Å². The molecule has 1 aliphatic carbocycles. The lowest BCUT2D eigenvalue weighted by Gasteiger charge is -2.58. The number of esters is 1. The van der Waals surface area contributed by atoms with Crippen molar-refractivity contribution in [2.45, 2.75) is 45.8 Å². The van der Waals surface area contributed by atoms with Gasteiger partial charge in [0.2, 0.25) is 0 Å². The Kier molecular flexibility index (Phi) is 3.12. The van der Waals surface area contributed by atoms with Crippen LogP contribution in [0.25, 0.3) is 0 Å². The third-order valence-electron chi connectivity index (χ3n) is 4.69. The van der Waals surface area contributed by atoms with Gasteiger partial charge < -0.3 is 9.47 Å². The predicted octanol–water partition coefficient (Wildman–Crippen LogP) is 2.09. The van der Waals surface area contributed by atoms with Crippen LogP contribution in [0, 0.1) is 18.3 Å². The highest BCUT2D eigenvalue weighted by Gasteiger charge is 2.60. The summed E-state index contributed by atoms with van der Waals surface area (Å²) in [6.45, 7) is 6.89. The molecule has 5 heteroatoms. The fourth-order valence-electron chi connectivity index (χ4n) is 3.69. The Labute approximate surface area is 119 Å².